The van der Waals surface area contributed by atoms with Crippen molar-refractivity contribution in [2.24, 2.45) is 5.92 Å². The summed E-state index contributed by atoms with van der Waals surface area (Å²) in [4.78, 5) is 2.24. The summed E-state index contributed by atoms with van der Waals surface area (Å²) in [5.74, 6) is 2.03. The van der Waals surface area contributed by atoms with Crippen LogP contribution in [-0.2, 0) is 4.74 Å². The maximum atomic E-state index is 6.13. The predicted molar refractivity (Wildman–Crippen MR) is 103 cm³/mol. The van der Waals surface area contributed by atoms with E-state index in [1.165, 1.54) is 0 Å². The molecule has 8 heteroatoms. The summed E-state index contributed by atoms with van der Waals surface area (Å²) in [6, 6.07) is 9.20. The molecule has 1 saturated heterocycles. The SMILES string of the molecule is COC1CN(c2ccc3nnc(-c4cc(Cl)cc(Cl)c4)n3n2)CCC1C. The molecule has 0 spiro atoms. The van der Waals surface area contributed by atoms with Crippen LogP contribution in [0.15, 0.2) is 30.3 Å². The van der Waals surface area contributed by atoms with Gasteiger partial charge in [-0.3, -0.25) is 0 Å². The quantitative estimate of drug-likeness (QED) is 0.676. The topological polar surface area (TPSA) is 55.5 Å². The van der Waals surface area contributed by atoms with E-state index in [0.717, 1.165) is 30.9 Å². The van der Waals surface area contributed by atoms with E-state index < -0.39 is 0 Å². The van der Waals surface area contributed by atoms with E-state index in [-0.39, 0.29) is 6.10 Å². The highest BCUT2D eigenvalue weighted by Gasteiger charge is 2.27. The fourth-order valence-corrected chi connectivity index (χ4v) is 3.89. The average Bonchev–Trinajstić information content (AvgIpc) is 3.04. The van der Waals surface area contributed by atoms with Crippen LogP contribution in [0.1, 0.15) is 13.3 Å². The van der Waals surface area contributed by atoms with E-state index >= 15 is 0 Å². The van der Waals surface area contributed by atoms with E-state index in [2.05, 4.69) is 22.0 Å². The van der Waals surface area contributed by atoms with Crippen molar-refractivity contribution in [3.8, 4) is 11.4 Å². The number of nitrogens with zero attached hydrogens (tertiary/aromatic N) is 5. The second kappa shape index (κ2) is 7.02. The molecule has 1 fully saturated rings. The van der Waals surface area contributed by atoms with Gasteiger partial charge in [-0.25, -0.2) is 0 Å². The van der Waals surface area contributed by atoms with Gasteiger partial charge in [0.1, 0.15) is 5.82 Å². The molecule has 2 unspecified atom stereocenters. The van der Waals surface area contributed by atoms with Crippen molar-refractivity contribution >= 4 is 34.7 Å². The molecule has 0 bridgehead atoms. The summed E-state index contributed by atoms with van der Waals surface area (Å²) in [6.07, 6.45) is 1.27. The third-order valence-electron chi connectivity index (χ3n) is 4.89. The van der Waals surface area contributed by atoms with Gasteiger partial charge in [0.2, 0.25) is 0 Å². The first-order chi connectivity index (χ1) is 12.5. The Hall–Kier alpha value is -1.89. The second-order valence-corrected chi connectivity index (χ2v) is 7.50. The number of piperidine rings is 1. The minimum absolute atomic E-state index is 0.202. The minimum atomic E-state index is 0.202. The van der Waals surface area contributed by atoms with Crippen LogP contribution in [-0.4, -0.2) is 46.1 Å². The van der Waals surface area contributed by atoms with E-state index in [9.17, 15) is 0 Å². The number of aromatic nitrogens is 4. The molecule has 26 heavy (non-hydrogen) atoms. The Morgan fingerprint density at radius 1 is 1.12 bits per heavy atom. The van der Waals surface area contributed by atoms with Gasteiger partial charge in [0.25, 0.3) is 0 Å². The number of hydrogen-bond acceptors (Lipinski definition) is 5. The van der Waals surface area contributed by atoms with Gasteiger partial charge in [0.05, 0.1) is 6.10 Å². The molecule has 1 aliphatic rings. The highest BCUT2D eigenvalue weighted by Crippen LogP contribution is 2.28. The molecule has 6 nitrogen and oxygen atoms in total. The first kappa shape index (κ1) is 17.5. The molecule has 4 rings (SSSR count). The molecule has 0 amide bonds. The standard InChI is InChI=1S/C18H19Cl2N5O/c1-11-5-6-24(10-15(11)26-2)17-4-3-16-21-22-18(25(16)23-17)12-7-13(19)9-14(20)8-12/h3-4,7-9,11,15H,5-6,10H2,1-2H3. The van der Waals surface area contributed by atoms with E-state index in [0.29, 0.717) is 27.4 Å². The van der Waals surface area contributed by atoms with Crippen molar-refractivity contribution in [3.05, 3.63) is 40.4 Å². The number of fused-ring (bicyclic) bond motifs is 1. The third-order valence-corrected chi connectivity index (χ3v) is 5.32. The van der Waals surface area contributed by atoms with Crippen LogP contribution < -0.4 is 4.90 Å². The second-order valence-electron chi connectivity index (χ2n) is 6.63. The summed E-state index contributed by atoms with van der Waals surface area (Å²) in [7, 11) is 1.77. The largest absolute Gasteiger partial charge is 0.379 e. The molecule has 0 aliphatic carbocycles. The van der Waals surface area contributed by atoms with Crippen molar-refractivity contribution < 1.29 is 4.74 Å². The van der Waals surface area contributed by atoms with Crippen LogP contribution in [0.4, 0.5) is 5.82 Å². The maximum Gasteiger partial charge on any atom is 0.185 e. The molecule has 0 N–H and O–H groups in total. The van der Waals surface area contributed by atoms with Gasteiger partial charge in [-0.15, -0.1) is 15.3 Å². The van der Waals surface area contributed by atoms with Crippen LogP contribution in [0.3, 0.4) is 0 Å². The normalized spacial score (nSPS) is 20.7. The molecule has 3 aromatic rings. The maximum absolute atomic E-state index is 6.13. The summed E-state index contributed by atoms with van der Waals surface area (Å²) in [6.45, 7) is 3.99. The van der Waals surface area contributed by atoms with Crippen molar-refractivity contribution in [3.63, 3.8) is 0 Å². The number of halogens is 2. The van der Waals surface area contributed by atoms with Crippen molar-refractivity contribution in [1.82, 2.24) is 19.8 Å². The molecule has 2 atom stereocenters. The molecule has 1 aliphatic heterocycles. The van der Waals surface area contributed by atoms with Crippen molar-refractivity contribution in [2.75, 3.05) is 25.1 Å². The zero-order valence-electron chi connectivity index (χ0n) is 14.6. The van der Waals surface area contributed by atoms with Gasteiger partial charge < -0.3 is 9.64 Å². The number of ether oxygens (including phenoxy) is 1. The van der Waals surface area contributed by atoms with Crippen LogP contribution in [0.2, 0.25) is 10.0 Å². The summed E-state index contributed by atoms with van der Waals surface area (Å²) in [5, 5.41) is 14.3. The third kappa shape index (κ3) is 3.24. The van der Waals surface area contributed by atoms with Crippen LogP contribution >= 0.6 is 23.2 Å². The summed E-state index contributed by atoms with van der Waals surface area (Å²) >= 11 is 12.3. The van der Waals surface area contributed by atoms with E-state index in [1.807, 2.05) is 24.3 Å². The highest BCUT2D eigenvalue weighted by atomic mass is 35.5. The van der Waals surface area contributed by atoms with Gasteiger partial charge in [-0.1, -0.05) is 30.1 Å². The molecule has 1 aromatic carbocycles. The van der Waals surface area contributed by atoms with E-state index in [1.54, 1.807) is 17.7 Å². The van der Waals surface area contributed by atoms with Crippen LogP contribution in [0, 0.1) is 5.92 Å². The first-order valence-corrected chi connectivity index (χ1v) is 9.27. The van der Waals surface area contributed by atoms with Crippen LogP contribution in [0.25, 0.3) is 17.0 Å². The molecular formula is C18H19Cl2N5O. The fourth-order valence-electron chi connectivity index (χ4n) is 3.36. The van der Waals surface area contributed by atoms with Crippen molar-refractivity contribution in [1.29, 1.82) is 0 Å². The van der Waals surface area contributed by atoms with Gasteiger partial charge in [0.15, 0.2) is 11.5 Å². The van der Waals surface area contributed by atoms with E-state index in [4.69, 9.17) is 33.0 Å². The average molecular weight is 392 g/mol. The Balaban J connectivity index is 1.73. The molecule has 0 saturated carbocycles. The highest BCUT2D eigenvalue weighted by molar-refractivity contribution is 6.35. The monoisotopic (exact) mass is 391 g/mol. The predicted octanol–water partition coefficient (Wildman–Crippen LogP) is 3.96. The number of methoxy groups -OCH3 is 1. The Morgan fingerprint density at radius 3 is 2.62 bits per heavy atom. The number of anilines is 1. The Labute approximate surface area is 161 Å². The summed E-state index contributed by atoms with van der Waals surface area (Å²) < 4.78 is 7.35. The Morgan fingerprint density at radius 2 is 1.88 bits per heavy atom. The number of rotatable bonds is 3. The Kier molecular flexibility index (Phi) is 4.73. The number of hydrogen-bond donors (Lipinski definition) is 0. The molecule has 0 radical (unpaired) electrons. The Bertz CT molecular complexity index is 924. The van der Waals surface area contributed by atoms with Crippen molar-refractivity contribution in [2.45, 2.75) is 19.4 Å². The lowest BCUT2D eigenvalue weighted by atomic mass is 9.96. The molecule has 2 aromatic heterocycles. The number of benzene rings is 1. The van der Waals surface area contributed by atoms with Gasteiger partial charge in [-0.2, -0.15) is 4.52 Å². The zero-order valence-corrected chi connectivity index (χ0v) is 16.1. The van der Waals surface area contributed by atoms with Gasteiger partial charge >= 0.3 is 0 Å². The lowest BCUT2D eigenvalue weighted by molar-refractivity contribution is 0.0496. The smallest absolute Gasteiger partial charge is 0.185 e. The fraction of sp³-hybridized carbons (Fsp3) is 0.389. The molecule has 136 valence electrons. The minimum Gasteiger partial charge on any atom is -0.379 e. The molecule has 3 heterocycles. The molecular weight excluding hydrogens is 373 g/mol. The zero-order chi connectivity index (χ0) is 18.3. The van der Waals surface area contributed by atoms with Gasteiger partial charge in [-0.05, 0) is 42.7 Å². The first-order valence-electron chi connectivity index (χ1n) is 8.52. The summed E-state index contributed by atoms with van der Waals surface area (Å²) in [5.41, 5.74) is 1.45. The lowest BCUT2D eigenvalue weighted by Gasteiger charge is -2.36. The van der Waals surface area contributed by atoms with Crippen LogP contribution in [0.5, 0.6) is 0 Å². The lowest BCUT2D eigenvalue weighted by Crippen LogP contribution is -2.44. The van der Waals surface area contributed by atoms with Gasteiger partial charge in [0, 0.05) is 35.8 Å².